The van der Waals surface area contributed by atoms with Gasteiger partial charge in [0.2, 0.25) is 0 Å². The largest absolute Gasteiger partial charge is 0.309 e. The maximum atomic E-state index is 2.27. The van der Waals surface area contributed by atoms with Gasteiger partial charge in [0.15, 0.2) is 0 Å². The third-order valence-corrected chi connectivity index (χ3v) is 2.39. The normalized spacial score (nSPS) is 14.5. The third-order valence-electron chi connectivity index (χ3n) is 2.39. The van der Waals surface area contributed by atoms with E-state index < -0.39 is 0 Å². The average molecular weight is 233 g/mol. The van der Waals surface area contributed by atoms with Crippen LogP contribution in [0, 0.1) is 0 Å². The van der Waals surface area contributed by atoms with Crippen molar-refractivity contribution in [3.63, 3.8) is 0 Å². The minimum Gasteiger partial charge on any atom is -0.309 e. The summed E-state index contributed by atoms with van der Waals surface area (Å²) in [6.45, 7) is 7.51. The molecule has 0 bridgehead atoms. The Bertz CT molecular complexity index is 303. The van der Waals surface area contributed by atoms with Crippen molar-refractivity contribution >= 4 is 0 Å². The molecule has 0 aromatic carbocycles. The molecule has 0 spiro atoms. The number of allylic oxidation sites excluding steroid dienone is 7. The molecule has 96 valence electrons. The van der Waals surface area contributed by atoms with E-state index in [0.717, 1.165) is 19.4 Å². The second-order valence-corrected chi connectivity index (χ2v) is 4.55. The van der Waals surface area contributed by atoms with Crippen LogP contribution < -0.4 is 0 Å². The van der Waals surface area contributed by atoms with E-state index in [1.807, 2.05) is 0 Å². The molecule has 0 aromatic rings. The van der Waals surface area contributed by atoms with E-state index >= 15 is 0 Å². The highest BCUT2D eigenvalue weighted by Crippen LogP contribution is 2.08. The number of hydrogen-bond acceptors (Lipinski definition) is 1. The van der Waals surface area contributed by atoms with Crippen molar-refractivity contribution in [2.75, 3.05) is 20.6 Å². The van der Waals surface area contributed by atoms with E-state index in [1.165, 1.54) is 11.1 Å². The fraction of sp³-hybridized carbons (Fsp3) is 0.500. The molecule has 0 N–H and O–H groups in total. The van der Waals surface area contributed by atoms with Gasteiger partial charge in [0.1, 0.15) is 0 Å². The maximum Gasteiger partial charge on any atom is 0.00125 e. The molecule has 1 nitrogen and oxygen atoms in total. The second-order valence-electron chi connectivity index (χ2n) is 4.55. The van der Waals surface area contributed by atoms with Crippen LogP contribution in [-0.2, 0) is 0 Å². The molecule has 0 rings (SSSR count). The molecule has 0 aliphatic heterocycles. The van der Waals surface area contributed by atoms with Crippen LogP contribution in [0.5, 0.6) is 0 Å². The van der Waals surface area contributed by atoms with Gasteiger partial charge >= 0.3 is 0 Å². The Balaban J connectivity index is 4.55. The van der Waals surface area contributed by atoms with E-state index in [1.54, 1.807) is 0 Å². The van der Waals surface area contributed by atoms with Crippen LogP contribution >= 0.6 is 0 Å². The summed E-state index contributed by atoms with van der Waals surface area (Å²) >= 11 is 0. The molecule has 0 aliphatic rings. The molecule has 0 saturated heterocycles. The summed E-state index contributed by atoms with van der Waals surface area (Å²) in [6, 6.07) is 0. The smallest absolute Gasteiger partial charge is 0.00125 e. The predicted molar refractivity (Wildman–Crippen MR) is 79.3 cm³/mol. The van der Waals surface area contributed by atoms with Crippen LogP contribution in [0.4, 0.5) is 0 Å². The summed E-state index contributed by atoms with van der Waals surface area (Å²) < 4.78 is 0. The Kier molecular flexibility index (Phi) is 9.46. The highest BCUT2D eigenvalue weighted by molar-refractivity contribution is 5.35. The van der Waals surface area contributed by atoms with Gasteiger partial charge in [-0.3, -0.25) is 0 Å². The monoisotopic (exact) mass is 233 g/mol. The average Bonchev–Trinajstić information content (AvgIpc) is 2.27. The molecule has 0 aromatic heterocycles. The minimum absolute atomic E-state index is 1.09. The van der Waals surface area contributed by atoms with Gasteiger partial charge in [-0.15, -0.1) is 0 Å². The van der Waals surface area contributed by atoms with Crippen molar-refractivity contribution in [3.05, 3.63) is 47.6 Å². The summed E-state index contributed by atoms with van der Waals surface area (Å²) in [5.74, 6) is 0. The Morgan fingerprint density at radius 3 is 2.47 bits per heavy atom. The zero-order chi connectivity index (χ0) is 13.1. The van der Waals surface area contributed by atoms with Gasteiger partial charge in [0, 0.05) is 6.54 Å². The Labute approximate surface area is 107 Å². The SMILES string of the molecule is C\C=C/C(/C=C(/C)CCN(C)C)=C\C=C/CC. The van der Waals surface area contributed by atoms with E-state index in [0.29, 0.717) is 0 Å². The number of rotatable bonds is 7. The zero-order valence-electron chi connectivity index (χ0n) is 12.0. The van der Waals surface area contributed by atoms with Crippen molar-refractivity contribution in [3.8, 4) is 0 Å². The third kappa shape index (κ3) is 9.83. The lowest BCUT2D eigenvalue weighted by Gasteiger charge is -2.09. The molecule has 1 heteroatoms. The lowest BCUT2D eigenvalue weighted by molar-refractivity contribution is 0.413. The van der Waals surface area contributed by atoms with Gasteiger partial charge in [0.25, 0.3) is 0 Å². The summed E-state index contributed by atoms with van der Waals surface area (Å²) in [5, 5.41) is 0. The standard InChI is InChI=1S/C16H27N/c1-6-8-9-11-16(10-7-2)14-15(3)12-13-17(4)5/h7-11,14H,6,12-13H2,1-5H3/b9-8-,10-7-,15-14-,16-11+. The first-order valence-corrected chi connectivity index (χ1v) is 6.41. The van der Waals surface area contributed by atoms with Crippen molar-refractivity contribution in [2.45, 2.75) is 33.6 Å². The summed E-state index contributed by atoms with van der Waals surface area (Å²) in [7, 11) is 4.22. The zero-order valence-corrected chi connectivity index (χ0v) is 12.0. The van der Waals surface area contributed by atoms with Crippen LogP contribution in [0.25, 0.3) is 0 Å². The molecular weight excluding hydrogens is 206 g/mol. The molecule has 0 amide bonds. The highest BCUT2D eigenvalue weighted by Gasteiger charge is 1.93. The molecule has 0 radical (unpaired) electrons. The van der Waals surface area contributed by atoms with Crippen LogP contribution in [0.2, 0.25) is 0 Å². The Morgan fingerprint density at radius 2 is 1.94 bits per heavy atom. The van der Waals surface area contributed by atoms with Crippen molar-refractivity contribution in [1.29, 1.82) is 0 Å². The topological polar surface area (TPSA) is 3.24 Å². The van der Waals surface area contributed by atoms with Gasteiger partial charge in [-0.05, 0) is 46.4 Å². The summed E-state index contributed by atoms with van der Waals surface area (Å²) in [4.78, 5) is 2.22. The van der Waals surface area contributed by atoms with Crippen LogP contribution in [0.3, 0.4) is 0 Å². The molecule has 0 aliphatic carbocycles. The van der Waals surface area contributed by atoms with Gasteiger partial charge in [-0.1, -0.05) is 49.0 Å². The lowest BCUT2D eigenvalue weighted by atomic mass is 10.1. The fourth-order valence-corrected chi connectivity index (χ4v) is 1.42. The maximum absolute atomic E-state index is 2.27. The molecule has 17 heavy (non-hydrogen) atoms. The van der Waals surface area contributed by atoms with Crippen LogP contribution in [0.15, 0.2) is 47.6 Å². The van der Waals surface area contributed by atoms with Gasteiger partial charge in [0.05, 0.1) is 0 Å². The Morgan fingerprint density at radius 1 is 1.24 bits per heavy atom. The van der Waals surface area contributed by atoms with E-state index in [4.69, 9.17) is 0 Å². The minimum atomic E-state index is 1.09. The quantitative estimate of drug-likeness (QED) is 0.591. The van der Waals surface area contributed by atoms with Crippen molar-refractivity contribution < 1.29 is 0 Å². The lowest BCUT2D eigenvalue weighted by Crippen LogP contribution is -2.12. The van der Waals surface area contributed by atoms with E-state index in [9.17, 15) is 0 Å². The molecule has 0 fully saturated rings. The first kappa shape index (κ1) is 15.9. The molecule has 0 saturated carbocycles. The molecule has 0 atom stereocenters. The first-order valence-electron chi connectivity index (χ1n) is 6.41. The van der Waals surface area contributed by atoms with Crippen LogP contribution in [-0.4, -0.2) is 25.5 Å². The number of nitrogens with zero attached hydrogens (tertiary/aromatic N) is 1. The molecule has 0 heterocycles. The fourth-order valence-electron chi connectivity index (χ4n) is 1.42. The molecule has 0 unspecified atom stereocenters. The second kappa shape index (κ2) is 10.1. The van der Waals surface area contributed by atoms with Gasteiger partial charge in [-0.25, -0.2) is 0 Å². The van der Waals surface area contributed by atoms with Gasteiger partial charge in [-0.2, -0.15) is 0 Å². The van der Waals surface area contributed by atoms with Gasteiger partial charge < -0.3 is 4.90 Å². The van der Waals surface area contributed by atoms with Crippen LogP contribution in [0.1, 0.15) is 33.6 Å². The molecular formula is C16H27N. The first-order chi connectivity index (χ1) is 8.10. The number of hydrogen-bond donors (Lipinski definition) is 0. The summed E-state index contributed by atoms with van der Waals surface area (Å²) in [5.41, 5.74) is 2.70. The Hall–Kier alpha value is -1.08. The highest BCUT2D eigenvalue weighted by atomic mass is 15.0. The predicted octanol–water partition coefficient (Wildman–Crippen LogP) is 4.35. The van der Waals surface area contributed by atoms with Crippen molar-refractivity contribution in [2.24, 2.45) is 0 Å². The van der Waals surface area contributed by atoms with E-state index in [2.05, 4.69) is 76.2 Å². The van der Waals surface area contributed by atoms with E-state index in [-0.39, 0.29) is 0 Å². The summed E-state index contributed by atoms with van der Waals surface area (Å²) in [6.07, 6.45) is 15.2. The van der Waals surface area contributed by atoms with Crippen molar-refractivity contribution in [1.82, 2.24) is 4.90 Å².